The molecule has 2 rings (SSSR count). The molecule has 24 heavy (non-hydrogen) atoms. The van der Waals surface area contributed by atoms with E-state index in [9.17, 15) is 9.59 Å². The van der Waals surface area contributed by atoms with Crippen molar-refractivity contribution in [2.24, 2.45) is 0 Å². The SMILES string of the molecule is CC(=O)N(C)c1cccc(C(=O)N(C)c2c(C)cc(C)cc2C)c1. The molecule has 0 N–H and O–H groups in total. The van der Waals surface area contributed by atoms with Crippen molar-refractivity contribution in [3.8, 4) is 0 Å². The van der Waals surface area contributed by atoms with E-state index in [0.29, 0.717) is 11.3 Å². The van der Waals surface area contributed by atoms with Gasteiger partial charge in [0.1, 0.15) is 0 Å². The van der Waals surface area contributed by atoms with Gasteiger partial charge in [0, 0.05) is 38.0 Å². The van der Waals surface area contributed by atoms with Crippen LogP contribution >= 0.6 is 0 Å². The van der Waals surface area contributed by atoms with Crippen LogP contribution in [0.1, 0.15) is 34.0 Å². The van der Waals surface area contributed by atoms with Crippen LogP contribution in [0.15, 0.2) is 36.4 Å². The van der Waals surface area contributed by atoms with Crippen molar-refractivity contribution < 1.29 is 9.59 Å². The number of carbonyl (C=O) groups excluding carboxylic acids is 2. The van der Waals surface area contributed by atoms with E-state index in [2.05, 4.69) is 12.1 Å². The second kappa shape index (κ2) is 6.87. The molecule has 0 aliphatic heterocycles. The van der Waals surface area contributed by atoms with Gasteiger partial charge in [0.2, 0.25) is 5.91 Å². The summed E-state index contributed by atoms with van der Waals surface area (Å²) in [4.78, 5) is 27.6. The summed E-state index contributed by atoms with van der Waals surface area (Å²) in [6.45, 7) is 7.57. The van der Waals surface area contributed by atoms with Crippen molar-refractivity contribution in [1.82, 2.24) is 0 Å². The maximum atomic E-state index is 12.9. The van der Waals surface area contributed by atoms with Crippen LogP contribution in [0.3, 0.4) is 0 Å². The summed E-state index contributed by atoms with van der Waals surface area (Å²) in [6, 6.07) is 11.3. The Hall–Kier alpha value is -2.62. The monoisotopic (exact) mass is 324 g/mol. The fraction of sp³-hybridized carbons (Fsp3) is 0.300. The molecular weight excluding hydrogens is 300 g/mol. The summed E-state index contributed by atoms with van der Waals surface area (Å²) in [5.41, 5.74) is 5.51. The van der Waals surface area contributed by atoms with Gasteiger partial charge >= 0.3 is 0 Å². The number of amides is 2. The predicted molar refractivity (Wildman–Crippen MR) is 98.9 cm³/mol. The minimum absolute atomic E-state index is 0.0711. The third-order valence-corrected chi connectivity index (χ3v) is 4.23. The van der Waals surface area contributed by atoms with Gasteiger partial charge in [0.15, 0.2) is 0 Å². The molecule has 0 fully saturated rings. The van der Waals surface area contributed by atoms with Crippen LogP contribution in [0.25, 0.3) is 0 Å². The fourth-order valence-corrected chi connectivity index (χ4v) is 3.03. The summed E-state index contributed by atoms with van der Waals surface area (Å²) in [7, 11) is 3.48. The zero-order chi connectivity index (χ0) is 18.0. The highest BCUT2D eigenvalue weighted by atomic mass is 16.2. The third-order valence-electron chi connectivity index (χ3n) is 4.23. The average molecular weight is 324 g/mol. The third kappa shape index (κ3) is 3.48. The van der Waals surface area contributed by atoms with Crippen LogP contribution in [0.5, 0.6) is 0 Å². The molecule has 4 nitrogen and oxygen atoms in total. The number of rotatable bonds is 3. The van der Waals surface area contributed by atoms with Gasteiger partial charge in [-0.1, -0.05) is 23.8 Å². The van der Waals surface area contributed by atoms with Crippen LogP contribution in [0.4, 0.5) is 11.4 Å². The number of hydrogen-bond acceptors (Lipinski definition) is 2. The van der Waals surface area contributed by atoms with Crippen LogP contribution in [-0.2, 0) is 4.79 Å². The zero-order valence-corrected chi connectivity index (χ0v) is 15.2. The molecular formula is C20H24N2O2. The van der Waals surface area contributed by atoms with E-state index in [4.69, 9.17) is 0 Å². The molecule has 0 aromatic heterocycles. The highest BCUT2D eigenvalue weighted by molar-refractivity contribution is 6.07. The van der Waals surface area contributed by atoms with E-state index in [-0.39, 0.29) is 11.8 Å². The Labute approximate surface area is 143 Å². The van der Waals surface area contributed by atoms with E-state index < -0.39 is 0 Å². The van der Waals surface area contributed by atoms with Crippen molar-refractivity contribution in [3.05, 3.63) is 58.7 Å². The molecule has 0 aliphatic rings. The quantitative estimate of drug-likeness (QED) is 0.860. The Morgan fingerprint density at radius 1 is 0.875 bits per heavy atom. The van der Waals surface area contributed by atoms with E-state index in [1.54, 1.807) is 37.2 Å². The van der Waals surface area contributed by atoms with E-state index in [1.807, 2.05) is 26.8 Å². The van der Waals surface area contributed by atoms with Crippen LogP contribution in [-0.4, -0.2) is 25.9 Å². The van der Waals surface area contributed by atoms with Crippen molar-refractivity contribution >= 4 is 23.2 Å². The van der Waals surface area contributed by atoms with Gasteiger partial charge in [0.25, 0.3) is 5.91 Å². The van der Waals surface area contributed by atoms with Crippen molar-refractivity contribution in [1.29, 1.82) is 0 Å². The zero-order valence-electron chi connectivity index (χ0n) is 15.2. The summed E-state index contributed by atoms with van der Waals surface area (Å²) in [6.07, 6.45) is 0. The number of hydrogen-bond donors (Lipinski definition) is 0. The van der Waals surface area contributed by atoms with Gasteiger partial charge in [-0.3, -0.25) is 9.59 Å². The second-order valence-corrected chi connectivity index (χ2v) is 6.24. The van der Waals surface area contributed by atoms with Crippen LogP contribution in [0, 0.1) is 20.8 Å². The first-order chi connectivity index (χ1) is 11.2. The van der Waals surface area contributed by atoms with Crippen LogP contribution in [0.2, 0.25) is 0 Å². The maximum Gasteiger partial charge on any atom is 0.258 e. The first-order valence-electron chi connectivity index (χ1n) is 7.92. The Bertz CT molecular complexity index is 773. The molecule has 0 aliphatic carbocycles. The lowest BCUT2D eigenvalue weighted by atomic mass is 10.0. The van der Waals surface area contributed by atoms with Crippen molar-refractivity contribution in [2.75, 3.05) is 23.9 Å². The lowest BCUT2D eigenvalue weighted by molar-refractivity contribution is -0.116. The normalized spacial score (nSPS) is 10.4. The minimum Gasteiger partial charge on any atom is -0.316 e. The highest BCUT2D eigenvalue weighted by Crippen LogP contribution is 2.27. The fourth-order valence-electron chi connectivity index (χ4n) is 3.03. The molecule has 0 atom stereocenters. The number of carbonyl (C=O) groups is 2. The standard InChI is InChI=1S/C20H24N2O2/c1-13-10-14(2)19(15(3)11-13)22(6)20(24)17-8-7-9-18(12-17)21(5)16(4)23/h7-12H,1-6H3. The molecule has 0 saturated heterocycles. The van der Waals surface area contributed by atoms with E-state index in [0.717, 1.165) is 16.8 Å². The molecule has 4 heteroatoms. The molecule has 0 spiro atoms. The van der Waals surface area contributed by atoms with E-state index >= 15 is 0 Å². The molecule has 2 aromatic rings. The Morgan fingerprint density at radius 3 is 2.00 bits per heavy atom. The summed E-state index contributed by atoms with van der Waals surface area (Å²) < 4.78 is 0. The summed E-state index contributed by atoms with van der Waals surface area (Å²) >= 11 is 0. The van der Waals surface area contributed by atoms with Gasteiger partial charge in [-0.2, -0.15) is 0 Å². The number of anilines is 2. The second-order valence-electron chi connectivity index (χ2n) is 6.24. The molecule has 0 unspecified atom stereocenters. The average Bonchev–Trinajstić information content (AvgIpc) is 2.52. The first kappa shape index (κ1) is 17.7. The maximum absolute atomic E-state index is 12.9. The van der Waals surface area contributed by atoms with Crippen molar-refractivity contribution in [2.45, 2.75) is 27.7 Å². The van der Waals surface area contributed by atoms with Crippen LogP contribution < -0.4 is 9.80 Å². The van der Waals surface area contributed by atoms with Gasteiger partial charge in [-0.15, -0.1) is 0 Å². The van der Waals surface area contributed by atoms with Crippen molar-refractivity contribution in [3.63, 3.8) is 0 Å². The Morgan fingerprint density at radius 2 is 1.46 bits per heavy atom. The molecule has 2 amide bonds. The van der Waals surface area contributed by atoms with Gasteiger partial charge in [0.05, 0.1) is 0 Å². The lowest BCUT2D eigenvalue weighted by Crippen LogP contribution is -2.28. The number of aryl methyl sites for hydroxylation is 3. The smallest absolute Gasteiger partial charge is 0.258 e. The Kier molecular flexibility index (Phi) is 5.07. The molecule has 0 radical (unpaired) electrons. The first-order valence-corrected chi connectivity index (χ1v) is 7.92. The molecule has 2 aromatic carbocycles. The van der Waals surface area contributed by atoms with E-state index in [1.165, 1.54) is 17.4 Å². The van der Waals surface area contributed by atoms with Gasteiger partial charge in [-0.05, 0) is 50.1 Å². The summed E-state index contributed by atoms with van der Waals surface area (Å²) in [5, 5.41) is 0. The molecule has 0 saturated carbocycles. The number of nitrogens with zero attached hydrogens (tertiary/aromatic N) is 2. The Balaban J connectivity index is 2.39. The summed E-state index contributed by atoms with van der Waals surface area (Å²) in [5.74, 6) is -0.165. The molecule has 126 valence electrons. The molecule has 0 heterocycles. The predicted octanol–water partition coefficient (Wildman–Crippen LogP) is 3.87. The lowest BCUT2D eigenvalue weighted by Gasteiger charge is -2.23. The highest BCUT2D eigenvalue weighted by Gasteiger charge is 2.18. The minimum atomic E-state index is -0.0937. The van der Waals surface area contributed by atoms with Gasteiger partial charge in [-0.25, -0.2) is 0 Å². The van der Waals surface area contributed by atoms with Gasteiger partial charge < -0.3 is 9.80 Å². The molecule has 0 bridgehead atoms. The topological polar surface area (TPSA) is 40.6 Å². The number of benzene rings is 2. The largest absolute Gasteiger partial charge is 0.316 e.